The molecule has 0 aliphatic carbocycles. The first-order chi connectivity index (χ1) is 10.0. The van der Waals surface area contributed by atoms with E-state index in [4.69, 9.17) is 4.74 Å². The normalized spacial score (nSPS) is 12.2. The average Bonchev–Trinajstić information content (AvgIpc) is 2.44. The molecule has 2 rings (SSSR count). The summed E-state index contributed by atoms with van der Waals surface area (Å²) in [6.45, 7) is 4.24. The van der Waals surface area contributed by atoms with Crippen molar-refractivity contribution >= 4 is 0 Å². The summed E-state index contributed by atoms with van der Waals surface area (Å²) in [5.74, 6) is -0.700. The summed E-state index contributed by atoms with van der Waals surface area (Å²) in [6.07, 6.45) is -0.846. The number of hydrogen-bond acceptors (Lipinski definition) is 2. The van der Waals surface area contributed by atoms with E-state index >= 15 is 0 Å². The third kappa shape index (κ3) is 3.79. The highest BCUT2D eigenvalue weighted by Crippen LogP contribution is 2.29. The van der Waals surface area contributed by atoms with Crippen LogP contribution in [0.25, 0.3) is 0 Å². The summed E-state index contributed by atoms with van der Waals surface area (Å²) in [5.41, 5.74) is 1.86. The van der Waals surface area contributed by atoms with Crippen LogP contribution >= 0.6 is 0 Å². The van der Waals surface area contributed by atoms with Gasteiger partial charge in [0.25, 0.3) is 0 Å². The summed E-state index contributed by atoms with van der Waals surface area (Å²) >= 11 is 0. The third-order valence-electron chi connectivity index (χ3n) is 3.25. The summed E-state index contributed by atoms with van der Waals surface area (Å²) in [6, 6.07) is 8.85. The van der Waals surface area contributed by atoms with Crippen LogP contribution in [0.15, 0.2) is 36.4 Å². The smallest absolute Gasteiger partial charge is 0.129 e. The van der Waals surface area contributed by atoms with E-state index in [0.717, 1.165) is 11.6 Å². The van der Waals surface area contributed by atoms with E-state index in [2.05, 4.69) is 0 Å². The Hall–Kier alpha value is -1.94. The molecule has 0 heterocycles. The SMILES string of the molecule is CCOc1ccc(C)cc1C(O)Cc1ccc(F)cc1F. The molecule has 0 bridgehead atoms. The minimum Gasteiger partial charge on any atom is -0.493 e. The van der Waals surface area contributed by atoms with Gasteiger partial charge in [0.1, 0.15) is 17.4 Å². The van der Waals surface area contributed by atoms with Gasteiger partial charge in [0, 0.05) is 18.1 Å². The third-order valence-corrected chi connectivity index (χ3v) is 3.25. The van der Waals surface area contributed by atoms with Gasteiger partial charge in [-0.2, -0.15) is 0 Å². The molecule has 2 nitrogen and oxygen atoms in total. The van der Waals surface area contributed by atoms with E-state index in [1.807, 2.05) is 26.0 Å². The zero-order valence-electron chi connectivity index (χ0n) is 12.1. The highest BCUT2D eigenvalue weighted by Gasteiger charge is 2.16. The number of aliphatic hydroxyl groups excluding tert-OH is 1. The van der Waals surface area contributed by atoms with Crippen LogP contribution in [0.2, 0.25) is 0 Å². The number of hydrogen-bond donors (Lipinski definition) is 1. The van der Waals surface area contributed by atoms with Crippen molar-refractivity contribution in [1.29, 1.82) is 0 Å². The van der Waals surface area contributed by atoms with E-state index in [-0.39, 0.29) is 12.0 Å². The van der Waals surface area contributed by atoms with Crippen LogP contribution in [0.4, 0.5) is 8.78 Å². The molecular formula is C17H18F2O2. The van der Waals surface area contributed by atoms with Crippen molar-refractivity contribution in [2.45, 2.75) is 26.4 Å². The van der Waals surface area contributed by atoms with Crippen LogP contribution in [-0.2, 0) is 6.42 Å². The van der Waals surface area contributed by atoms with E-state index in [1.54, 1.807) is 6.07 Å². The van der Waals surface area contributed by atoms with Crippen molar-refractivity contribution in [2.75, 3.05) is 6.61 Å². The lowest BCUT2D eigenvalue weighted by Crippen LogP contribution is -2.07. The number of halogens is 2. The fourth-order valence-electron chi connectivity index (χ4n) is 2.22. The van der Waals surface area contributed by atoms with E-state index in [1.165, 1.54) is 12.1 Å². The molecule has 4 heteroatoms. The summed E-state index contributed by atoms with van der Waals surface area (Å²) in [7, 11) is 0. The van der Waals surface area contributed by atoms with Crippen molar-refractivity contribution in [3.05, 3.63) is 64.7 Å². The van der Waals surface area contributed by atoms with Gasteiger partial charge >= 0.3 is 0 Å². The quantitative estimate of drug-likeness (QED) is 0.904. The summed E-state index contributed by atoms with van der Waals surface area (Å²) in [5, 5.41) is 10.4. The Balaban J connectivity index is 2.27. The lowest BCUT2D eigenvalue weighted by atomic mass is 9.98. The molecule has 1 unspecified atom stereocenters. The van der Waals surface area contributed by atoms with Gasteiger partial charge in [-0.25, -0.2) is 8.78 Å². The van der Waals surface area contributed by atoms with Crippen molar-refractivity contribution in [3.63, 3.8) is 0 Å². The highest BCUT2D eigenvalue weighted by atomic mass is 19.1. The monoisotopic (exact) mass is 292 g/mol. The zero-order chi connectivity index (χ0) is 15.4. The summed E-state index contributed by atoms with van der Waals surface area (Å²) in [4.78, 5) is 0. The second-order valence-corrected chi connectivity index (χ2v) is 4.93. The predicted octanol–water partition coefficient (Wildman–Crippen LogP) is 3.95. The van der Waals surface area contributed by atoms with Gasteiger partial charge in [-0.1, -0.05) is 17.7 Å². The molecule has 0 saturated heterocycles. The van der Waals surface area contributed by atoms with Crippen LogP contribution in [0, 0.1) is 18.6 Å². The van der Waals surface area contributed by atoms with Crippen LogP contribution in [0.1, 0.15) is 29.7 Å². The Bertz CT molecular complexity index is 626. The molecule has 0 spiro atoms. The lowest BCUT2D eigenvalue weighted by Gasteiger charge is -2.17. The van der Waals surface area contributed by atoms with E-state index in [0.29, 0.717) is 17.9 Å². The minimum atomic E-state index is -0.911. The lowest BCUT2D eigenvalue weighted by molar-refractivity contribution is 0.171. The molecule has 0 radical (unpaired) electrons. The Labute approximate surface area is 123 Å². The molecule has 0 aliphatic rings. The van der Waals surface area contributed by atoms with Gasteiger partial charge in [0.15, 0.2) is 0 Å². The Morgan fingerprint density at radius 1 is 1.14 bits per heavy atom. The number of benzene rings is 2. The van der Waals surface area contributed by atoms with Gasteiger partial charge in [-0.3, -0.25) is 0 Å². The van der Waals surface area contributed by atoms with Gasteiger partial charge < -0.3 is 9.84 Å². The van der Waals surface area contributed by atoms with Crippen LogP contribution < -0.4 is 4.74 Å². The van der Waals surface area contributed by atoms with Gasteiger partial charge in [0.05, 0.1) is 12.7 Å². The minimum absolute atomic E-state index is 0.0651. The number of rotatable bonds is 5. The van der Waals surface area contributed by atoms with Gasteiger partial charge in [-0.15, -0.1) is 0 Å². The molecule has 0 saturated carbocycles. The second kappa shape index (κ2) is 6.68. The van der Waals surface area contributed by atoms with Crippen LogP contribution in [-0.4, -0.2) is 11.7 Å². The molecule has 0 aromatic heterocycles. The maximum Gasteiger partial charge on any atom is 0.129 e. The second-order valence-electron chi connectivity index (χ2n) is 4.93. The predicted molar refractivity (Wildman–Crippen MR) is 77.4 cm³/mol. The Morgan fingerprint density at radius 2 is 1.90 bits per heavy atom. The maximum absolute atomic E-state index is 13.7. The number of ether oxygens (including phenoxy) is 1. The Kier molecular flexibility index (Phi) is 4.91. The fraction of sp³-hybridized carbons (Fsp3) is 0.294. The zero-order valence-corrected chi connectivity index (χ0v) is 12.1. The van der Waals surface area contributed by atoms with E-state index < -0.39 is 17.7 Å². The molecular weight excluding hydrogens is 274 g/mol. The standard InChI is InChI=1S/C17H18F2O2/c1-3-21-17-7-4-11(2)8-14(17)16(20)9-12-5-6-13(18)10-15(12)19/h4-8,10,16,20H,3,9H2,1-2H3. The van der Waals surface area contributed by atoms with Crippen molar-refractivity contribution < 1.29 is 18.6 Å². The molecule has 0 fully saturated rings. The van der Waals surface area contributed by atoms with Gasteiger partial charge in [0.2, 0.25) is 0 Å². The summed E-state index contributed by atoms with van der Waals surface area (Å²) < 4.78 is 32.1. The maximum atomic E-state index is 13.7. The molecule has 1 atom stereocenters. The molecule has 2 aromatic carbocycles. The largest absolute Gasteiger partial charge is 0.493 e. The number of aryl methyl sites for hydroxylation is 1. The van der Waals surface area contributed by atoms with Crippen molar-refractivity contribution in [3.8, 4) is 5.75 Å². The first-order valence-corrected chi connectivity index (χ1v) is 6.86. The molecule has 2 aromatic rings. The molecule has 0 aliphatic heterocycles. The molecule has 1 N–H and O–H groups in total. The fourth-order valence-corrected chi connectivity index (χ4v) is 2.22. The van der Waals surface area contributed by atoms with Crippen LogP contribution in [0.3, 0.4) is 0 Å². The first-order valence-electron chi connectivity index (χ1n) is 6.86. The molecule has 21 heavy (non-hydrogen) atoms. The average molecular weight is 292 g/mol. The van der Waals surface area contributed by atoms with Crippen molar-refractivity contribution in [1.82, 2.24) is 0 Å². The van der Waals surface area contributed by atoms with Crippen LogP contribution in [0.5, 0.6) is 5.75 Å². The molecule has 0 amide bonds. The topological polar surface area (TPSA) is 29.5 Å². The number of aliphatic hydroxyl groups is 1. The highest BCUT2D eigenvalue weighted by molar-refractivity contribution is 5.39. The molecule has 112 valence electrons. The van der Waals surface area contributed by atoms with Crippen molar-refractivity contribution in [2.24, 2.45) is 0 Å². The Morgan fingerprint density at radius 3 is 2.57 bits per heavy atom. The van der Waals surface area contributed by atoms with E-state index in [9.17, 15) is 13.9 Å². The first kappa shape index (κ1) is 15.4. The van der Waals surface area contributed by atoms with Gasteiger partial charge in [-0.05, 0) is 37.6 Å².